The minimum atomic E-state index is -0.762. The fourth-order valence-corrected chi connectivity index (χ4v) is 2.28. The van der Waals surface area contributed by atoms with Crippen LogP contribution in [0.3, 0.4) is 0 Å². The van der Waals surface area contributed by atoms with E-state index >= 15 is 0 Å². The van der Waals surface area contributed by atoms with Crippen molar-refractivity contribution in [3.63, 3.8) is 0 Å². The fraction of sp³-hybridized carbons (Fsp3) is 0.333. The number of hydrogen-bond donors (Lipinski definition) is 1. The topological polar surface area (TPSA) is 123 Å². The van der Waals surface area contributed by atoms with Crippen molar-refractivity contribution >= 4 is 11.7 Å². The van der Waals surface area contributed by atoms with Crippen LogP contribution in [0.4, 0.5) is 5.69 Å². The van der Waals surface area contributed by atoms with Gasteiger partial charge in [-0.3, -0.25) is 19.6 Å². The fourth-order valence-electron chi connectivity index (χ4n) is 2.28. The van der Waals surface area contributed by atoms with E-state index in [4.69, 9.17) is 10.5 Å². The predicted molar refractivity (Wildman–Crippen MR) is 84.7 cm³/mol. The number of hydrogen-bond acceptors (Lipinski definition) is 7. The molecule has 0 bridgehead atoms. The maximum absolute atomic E-state index is 11.4. The third-order valence-corrected chi connectivity index (χ3v) is 3.47. The molecule has 2 aromatic rings. The first-order chi connectivity index (χ1) is 11.4. The summed E-state index contributed by atoms with van der Waals surface area (Å²) in [6, 6.07) is 4.63. The van der Waals surface area contributed by atoms with Gasteiger partial charge in [0.25, 0.3) is 0 Å². The van der Waals surface area contributed by atoms with Gasteiger partial charge in [0.15, 0.2) is 0 Å². The number of nitrogens with two attached hydrogens (primary N) is 1. The highest BCUT2D eigenvalue weighted by Crippen LogP contribution is 2.22. The van der Waals surface area contributed by atoms with Gasteiger partial charge in [0, 0.05) is 5.56 Å². The molecule has 0 amide bonds. The molecule has 0 saturated carbocycles. The highest BCUT2D eigenvalue weighted by Gasteiger charge is 2.16. The van der Waals surface area contributed by atoms with Gasteiger partial charge in [-0.15, -0.1) is 0 Å². The van der Waals surface area contributed by atoms with E-state index in [9.17, 15) is 14.9 Å². The number of ether oxygens (including phenoxy) is 2. The molecular weight excluding hydrogens is 316 g/mol. The van der Waals surface area contributed by atoms with E-state index in [1.807, 2.05) is 6.07 Å². The van der Waals surface area contributed by atoms with Crippen molar-refractivity contribution < 1.29 is 19.2 Å². The van der Waals surface area contributed by atoms with E-state index in [1.165, 1.54) is 31.3 Å². The monoisotopic (exact) mass is 334 g/mol. The number of nitro groups is 1. The van der Waals surface area contributed by atoms with Gasteiger partial charge in [0.2, 0.25) is 0 Å². The lowest BCUT2D eigenvalue weighted by Gasteiger charge is -2.13. The molecule has 0 saturated heterocycles. The first-order valence-corrected chi connectivity index (χ1v) is 7.10. The molecule has 1 heterocycles. The lowest BCUT2D eigenvalue weighted by Crippen LogP contribution is -2.33. The van der Waals surface area contributed by atoms with Gasteiger partial charge in [0.05, 0.1) is 25.7 Å². The van der Waals surface area contributed by atoms with Gasteiger partial charge < -0.3 is 15.2 Å². The van der Waals surface area contributed by atoms with Crippen molar-refractivity contribution in [3.05, 3.63) is 51.8 Å². The Hall–Kier alpha value is -2.94. The summed E-state index contributed by atoms with van der Waals surface area (Å²) in [6.07, 6.45) is 2.83. The first-order valence-electron chi connectivity index (χ1n) is 7.10. The lowest BCUT2D eigenvalue weighted by atomic mass is 10.0. The van der Waals surface area contributed by atoms with Crippen LogP contribution in [-0.4, -0.2) is 40.9 Å². The molecule has 0 spiro atoms. The Kier molecular flexibility index (Phi) is 5.48. The van der Waals surface area contributed by atoms with Gasteiger partial charge in [-0.1, -0.05) is 12.1 Å². The summed E-state index contributed by atoms with van der Waals surface area (Å²) >= 11 is 0. The minimum Gasteiger partial charge on any atom is -0.496 e. The summed E-state index contributed by atoms with van der Waals surface area (Å²) in [5.74, 6) is 0.124. The highest BCUT2D eigenvalue weighted by molar-refractivity contribution is 5.75. The van der Waals surface area contributed by atoms with Crippen molar-refractivity contribution in [3.8, 4) is 5.75 Å². The van der Waals surface area contributed by atoms with Crippen LogP contribution in [-0.2, 0) is 22.5 Å². The maximum Gasteiger partial charge on any atom is 0.322 e. The molecule has 1 aromatic heterocycles. The zero-order valence-electron chi connectivity index (χ0n) is 13.3. The van der Waals surface area contributed by atoms with Crippen LogP contribution in [0.1, 0.15) is 11.1 Å². The summed E-state index contributed by atoms with van der Waals surface area (Å²) in [6.45, 7) is 0.290. The Balaban J connectivity index is 2.22. The van der Waals surface area contributed by atoms with Gasteiger partial charge in [0.1, 0.15) is 24.2 Å². The summed E-state index contributed by atoms with van der Waals surface area (Å²) in [4.78, 5) is 21.7. The van der Waals surface area contributed by atoms with Crippen molar-refractivity contribution in [1.29, 1.82) is 0 Å². The van der Waals surface area contributed by atoms with Crippen molar-refractivity contribution in [1.82, 2.24) is 9.78 Å². The molecular formula is C15H18N4O5. The smallest absolute Gasteiger partial charge is 0.322 e. The number of benzene rings is 1. The summed E-state index contributed by atoms with van der Waals surface area (Å²) < 4.78 is 11.4. The molecule has 1 atom stereocenters. The third kappa shape index (κ3) is 4.07. The van der Waals surface area contributed by atoms with Crippen molar-refractivity contribution in [2.45, 2.75) is 19.0 Å². The molecule has 2 rings (SSSR count). The molecule has 0 radical (unpaired) electrons. The molecule has 0 aliphatic rings. The summed E-state index contributed by atoms with van der Waals surface area (Å²) in [5.41, 5.74) is 7.28. The van der Waals surface area contributed by atoms with Crippen LogP contribution in [0.15, 0.2) is 30.6 Å². The number of nitrogens with zero attached hydrogens (tertiary/aromatic N) is 3. The first kappa shape index (κ1) is 17.4. The van der Waals surface area contributed by atoms with E-state index in [2.05, 4.69) is 9.84 Å². The van der Waals surface area contributed by atoms with E-state index in [1.54, 1.807) is 12.1 Å². The largest absolute Gasteiger partial charge is 0.496 e. The molecule has 1 aromatic carbocycles. The van der Waals surface area contributed by atoms with Gasteiger partial charge in [-0.05, 0) is 18.1 Å². The van der Waals surface area contributed by atoms with Gasteiger partial charge >= 0.3 is 11.7 Å². The Morgan fingerprint density at radius 1 is 1.46 bits per heavy atom. The number of methoxy groups -OCH3 is 2. The minimum absolute atomic E-state index is 0.0853. The molecule has 0 fully saturated rings. The molecule has 9 heteroatoms. The zero-order valence-corrected chi connectivity index (χ0v) is 13.3. The van der Waals surface area contributed by atoms with Crippen LogP contribution in [0.25, 0.3) is 0 Å². The zero-order chi connectivity index (χ0) is 17.7. The Bertz CT molecular complexity index is 743. The molecule has 24 heavy (non-hydrogen) atoms. The van der Waals surface area contributed by atoms with Crippen LogP contribution < -0.4 is 10.5 Å². The normalized spacial score (nSPS) is 11.8. The summed E-state index contributed by atoms with van der Waals surface area (Å²) in [5, 5.41) is 14.7. The van der Waals surface area contributed by atoms with Crippen molar-refractivity contribution in [2.75, 3.05) is 14.2 Å². The molecule has 128 valence electrons. The molecule has 9 nitrogen and oxygen atoms in total. The average molecular weight is 334 g/mol. The maximum atomic E-state index is 11.4. The number of carbonyl (C=O) groups excluding carboxylic acids is 1. The molecule has 1 unspecified atom stereocenters. The second kappa shape index (κ2) is 7.55. The average Bonchev–Trinajstić information content (AvgIpc) is 3.03. The number of rotatable bonds is 7. The highest BCUT2D eigenvalue weighted by atomic mass is 16.6. The molecule has 0 aliphatic carbocycles. The standard InChI is InChI=1S/C15H18N4O5/c1-23-14-4-3-10(6-13(16)15(20)24-2)5-11(14)8-18-9-12(7-17-18)19(21)22/h3-5,7,9,13H,6,8,16H2,1-2H3. The number of aromatic nitrogens is 2. The number of esters is 1. The van der Waals surface area contributed by atoms with E-state index in [0.29, 0.717) is 12.2 Å². The Morgan fingerprint density at radius 2 is 2.21 bits per heavy atom. The second-order valence-electron chi connectivity index (χ2n) is 5.13. The van der Waals surface area contributed by atoms with Gasteiger partial charge in [-0.25, -0.2) is 0 Å². The molecule has 0 aliphatic heterocycles. The SMILES string of the molecule is COC(=O)C(N)Cc1ccc(OC)c(Cn2cc([N+](=O)[O-])cn2)c1. The Labute approximate surface area is 138 Å². The number of carbonyl (C=O) groups is 1. The van der Waals surface area contributed by atoms with Crippen LogP contribution in [0.5, 0.6) is 5.75 Å². The van der Waals surface area contributed by atoms with Gasteiger partial charge in [-0.2, -0.15) is 5.10 Å². The second-order valence-corrected chi connectivity index (χ2v) is 5.13. The van der Waals surface area contributed by atoms with E-state index in [-0.39, 0.29) is 12.2 Å². The lowest BCUT2D eigenvalue weighted by molar-refractivity contribution is -0.385. The van der Waals surface area contributed by atoms with E-state index < -0.39 is 16.9 Å². The third-order valence-electron chi connectivity index (χ3n) is 3.47. The molecule has 2 N–H and O–H groups in total. The van der Waals surface area contributed by atoms with Crippen LogP contribution in [0, 0.1) is 10.1 Å². The Morgan fingerprint density at radius 3 is 2.79 bits per heavy atom. The predicted octanol–water partition coefficient (Wildman–Crippen LogP) is 0.891. The quantitative estimate of drug-likeness (QED) is 0.453. The van der Waals surface area contributed by atoms with E-state index in [0.717, 1.165) is 11.1 Å². The van der Waals surface area contributed by atoms with Crippen LogP contribution in [0.2, 0.25) is 0 Å². The van der Waals surface area contributed by atoms with Crippen LogP contribution >= 0.6 is 0 Å². The van der Waals surface area contributed by atoms with Crippen molar-refractivity contribution in [2.24, 2.45) is 5.73 Å². The summed E-state index contributed by atoms with van der Waals surface area (Å²) in [7, 11) is 2.82.